The maximum absolute atomic E-state index is 4.84. The number of anilines is 1. The Kier molecular flexibility index (Phi) is 4.96. The van der Waals surface area contributed by atoms with Crippen LogP contribution in [0.2, 0.25) is 0 Å². The summed E-state index contributed by atoms with van der Waals surface area (Å²) in [6.45, 7) is 9.59. The zero-order valence-electron chi connectivity index (χ0n) is 13.0. The van der Waals surface area contributed by atoms with Crippen molar-refractivity contribution >= 4 is 16.7 Å². The molecule has 0 saturated carbocycles. The van der Waals surface area contributed by atoms with Crippen LogP contribution in [0.25, 0.3) is 10.9 Å². The third kappa shape index (κ3) is 3.28. The zero-order chi connectivity index (χ0) is 14.5. The van der Waals surface area contributed by atoms with E-state index in [0.717, 1.165) is 31.0 Å². The third-order valence-corrected chi connectivity index (χ3v) is 3.45. The molecule has 0 amide bonds. The molecule has 0 spiro atoms. The molecule has 1 aromatic heterocycles. The standard InChI is InChI=1S/C17H25N3/c1-5-20(12-13(2)3)17-10-14(11-18-4)15-8-6-7-9-16(15)19-17/h6-10,13,18H,5,11-12H2,1-4H3. The molecule has 0 aliphatic heterocycles. The van der Waals surface area contributed by atoms with Crippen LogP contribution in [0.1, 0.15) is 26.3 Å². The Labute approximate surface area is 122 Å². The van der Waals surface area contributed by atoms with E-state index < -0.39 is 0 Å². The smallest absolute Gasteiger partial charge is 0.129 e. The Morgan fingerprint density at radius 1 is 1.25 bits per heavy atom. The fourth-order valence-electron chi connectivity index (χ4n) is 2.56. The van der Waals surface area contributed by atoms with E-state index in [0.29, 0.717) is 5.92 Å². The number of pyridine rings is 1. The molecule has 2 rings (SSSR count). The van der Waals surface area contributed by atoms with Gasteiger partial charge in [0.05, 0.1) is 5.52 Å². The molecular weight excluding hydrogens is 246 g/mol. The second-order valence-corrected chi connectivity index (χ2v) is 5.62. The van der Waals surface area contributed by atoms with E-state index in [1.165, 1.54) is 10.9 Å². The molecule has 20 heavy (non-hydrogen) atoms. The molecule has 1 heterocycles. The van der Waals surface area contributed by atoms with Gasteiger partial charge in [-0.15, -0.1) is 0 Å². The van der Waals surface area contributed by atoms with Gasteiger partial charge in [0.1, 0.15) is 5.82 Å². The molecular formula is C17H25N3. The van der Waals surface area contributed by atoms with Gasteiger partial charge in [0.2, 0.25) is 0 Å². The first-order valence-corrected chi connectivity index (χ1v) is 7.44. The highest BCUT2D eigenvalue weighted by atomic mass is 15.2. The van der Waals surface area contributed by atoms with Gasteiger partial charge in [-0.2, -0.15) is 0 Å². The molecule has 0 fully saturated rings. The van der Waals surface area contributed by atoms with Crippen LogP contribution in [0.15, 0.2) is 30.3 Å². The van der Waals surface area contributed by atoms with Crippen LogP contribution in [-0.4, -0.2) is 25.1 Å². The molecule has 0 atom stereocenters. The first kappa shape index (κ1) is 14.8. The minimum Gasteiger partial charge on any atom is -0.357 e. The van der Waals surface area contributed by atoms with Crippen LogP contribution in [0.3, 0.4) is 0 Å². The lowest BCUT2D eigenvalue weighted by Crippen LogP contribution is -2.28. The predicted molar refractivity (Wildman–Crippen MR) is 87.2 cm³/mol. The van der Waals surface area contributed by atoms with Gasteiger partial charge < -0.3 is 10.2 Å². The summed E-state index contributed by atoms with van der Waals surface area (Å²) in [5.74, 6) is 1.72. The van der Waals surface area contributed by atoms with Crippen molar-refractivity contribution in [2.45, 2.75) is 27.3 Å². The predicted octanol–water partition coefficient (Wildman–Crippen LogP) is 3.44. The van der Waals surface area contributed by atoms with Crippen molar-refractivity contribution in [3.8, 4) is 0 Å². The van der Waals surface area contributed by atoms with Crippen molar-refractivity contribution < 1.29 is 0 Å². The Hall–Kier alpha value is -1.61. The number of para-hydroxylation sites is 1. The lowest BCUT2D eigenvalue weighted by Gasteiger charge is -2.25. The molecule has 2 aromatic rings. The molecule has 108 valence electrons. The summed E-state index contributed by atoms with van der Waals surface area (Å²) in [6, 6.07) is 10.6. The van der Waals surface area contributed by atoms with Crippen molar-refractivity contribution in [3.05, 3.63) is 35.9 Å². The summed E-state index contributed by atoms with van der Waals surface area (Å²) in [6.07, 6.45) is 0. The van der Waals surface area contributed by atoms with Gasteiger partial charge in [-0.3, -0.25) is 0 Å². The summed E-state index contributed by atoms with van der Waals surface area (Å²) < 4.78 is 0. The first-order valence-electron chi connectivity index (χ1n) is 7.44. The van der Waals surface area contributed by atoms with Crippen molar-refractivity contribution in [2.75, 3.05) is 25.0 Å². The van der Waals surface area contributed by atoms with Crippen LogP contribution in [0.4, 0.5) is 5.82 Å². The van der Waals surface area contributed by atoms with E-state index in [4.69, 9.17) is 4.98 Å². The van der Waals surface area contributed by atoms with Crippen LogP contribution in [0, 0.1) is 5.92 Å². The van der Waals surface area contributed by atoms with Gasteiger partial charge in [0.25, 0.3) is 0 Å². The van der Waals surface area contributed by atoms with Crippen molar-refractivity contribution in [2.24, 2.45) is 5.92 Å². The van der Waals surface area contributed by atoms with Gasteiger partial charge >= 0.3 is 0 Å². The van der Waals surface area contributed by atoms with Crippen LogP contribution >= 0.6 is 0 Å². The molecule has 0 aliphatic carbocycles. The van der Waals surface area contributed by atoms with Crippen LogP contribution < -0.4 is 10.2 Å². The molecule has 0 unspecified atom stereocenters. The quantitative estimate of drug-likeness (QED) is 0.872. The highest BCUT2D eigenvalue weighted by Crippen LogP contribution is 2.23. The van der Waals surface area contributed by atoms with E-state index in [-0.39, 0.29) is 0 Å². The number of rotatable bonds is 6. The van der Waals surface area contributed by atoms with E-state index in [1.54, 1.807) is 0 Å². The molecule has 0 saturated heterocycles. The number of nitrogens with one attached hydrogen (secondary N) is 1. The largest absolute Gasteiger partial charge is 0.357 e. The molecule has 0 radical (unpaired) electrons. The van der Waals surface area contributed by atoms with Crippen LogP contribution in [-0.2, 0) is 6.54 Å². The summed E-state index contributed by atoms with van der Waals surface area (Å²) in [7, 11) is 1.99. The highest BCUT2D eigenvalue weighted by molar-refractivity contribution is 5.84. The second kappa shape index (κ2) is 6.71. The van der Waals surface area contributed by atoms with Crippen molar-refractivity contribution in [3.63, 3.8) is 0 Å². The summed E-state index contributed by atoms with van der Waals surface area (Å²) >= 11 is 0. The number of hydrogen-bond donors (Lipinski definition) is 1. The van der Waals surface area contributed by atoms with E-state index in [1.807, 2.05) is 7.05 Å². The number of aromatic nitrogens is 1. The fraction of sp³-hybridized carbons (Fsp3) is 0.471. The normalized spacial score (nSPS) is 11.2. The Morgan fingerprint density at radius 2 is 2.00 bits per heavy atom. The molecule has 3 nitrogen and oxygen atoms in total. The topological polar surface area (TPSA) is 28.2 Å². The van der Waals surface area contributed by atoms with Gasteiger partial charge in [0.15, 0.2) is 0 Å². The summed E-state index contributed by atoms with van der Waals surface area (Å²) in [4.78, 5) is 7.20. The van der Waals surface area contributed by atoms with Gasteiger partial charge in [-0.05, 0) is 37.6 Å². The molecule has 0 bridgehead atoms. The number of benzene rings is 1. The third-order valence-electron chi connectivity index (χ3n) is 3.45. The highest BCUT2D eigenvalue weighted by Gasteiger charge is 2.11. The lowest BCUT2D eigenvalue weighted by atomic mass is 10.1. The lowest BCUT2D eigenvalue weighted by molar-refractivity contribution is 0.614. The Morgan fingerprint density at radius 3 is 2.65 bits per heavy atom. The summed E-state index contributed by atoms with van der Waals surface area (Å²) in [5.41, 5.74) is 2.40. The van der Waals surface area contributed by atoms with Crippen molar-refractivity contribution in [1.29, 1.82) is 0 Å². The molecule has 1 N–H and O–H groups in total. The van der Waals surface area contributed by atoms with E-state index in [9.17, 15) is 0 Å². The first-order chi connectivity index (χ1) is 9.65. The Balaban J connectivity index is 2.47. The minimum atomic E-state index is 0.635. The van der Waals surface area contributed by atoms with Crippen molar-refractivity contribution in [1.82, 2.24) is 10.3 Å². The minimum absolute atomic E-state index is 0.635. The maximum atomic E-state index is 4.84. The van der Waals surface area contributed by atoms with E-state index >= 15 is 0 Å². The second-order valence-electron chi connectivity index (χ2n) is 5.62. The molecule has 0 aliphatic rings. The van der Waals surface area contributed by atoms with Gasteiger partial charge in [-0.25, -0.2) is 4.98 Å². The fourth-order valence-corrected chi connectivity index (χ4v) is 2.56. The Bertz CT molecular complexity index is 563. The average molecular weight is 271 g/mol. The number of nitrogens with zero attached hydrogens (tertiary/aromatic N) is 2. The summed E-state index contributed by atoms with van der Waals surface area (Å²) in [5, 5.41) is 4.50. The van der Waals surface area contributed by atoms with E-state index in [2.05, 4.69) is 61.3 Å². The van der Waals surface area contributed by atoms with Gasteiger partial charge in [0, 0.05) is 25.0 Å². The number of fused-ring (bicyclic) bond motifs is 1. The zero-order valence-corrected chi connectivity index (χ0v) is 13.0. The maximum Gasteiger partial charge on any atom is 0.129 e. The van der Waals surface area contributed by atoms with Gasteiger partial charge in [-0.1, -0.05) is 32.0 Å². The molecule has 1 aromatic carbocycles. The van der Waals surface area contributed by atoms with Crippen LogP contribution in [0.5, 0.6) is 0 Å². The monoisotopic (exact) mass is 271 g/mol. The SMILES string of the molecule is CCN(CC(C)C)c1cc(CNC)c2ccccc2n1. The number of hydrogen-bond acceptors (Lipinski definition) is 3. The average Bonchev–Trinajstić information content (AvgIpc) is 2.44. The molecule has 3 heteroatoms.